The molecule has 4 aromatic rings. The van der Waals surface area contributed by atoms with Gasteiger partial charge < -0.3 is 5.32 Å². The van der Waals surface area contributed by atoms with E-state index >= 15 is 0 Å². The van der Waals surface area contributed by atoms with Crippen molar-refractivity contribution < 1.29 is 4.39 Å². The highest BCUT2D eigenvalue weighted by Crippen LogP contribution is 2.27. The van der Waals surface area contributed by atoms with E-state index in [-0.39, 0.29) is 17.4 Å². The lowest BCUT2D eigenvalue weighted by atomic mass is 9.98. The van der Waals surface area contributed by atoms with E-state index in [4.69, 9.17) is 0 Å². The third kappa shape index (κ3) is 3.80. The maximum absolute atomic E-state index is 14.5. The number of benzene rings is 2. The van der Waals surface area contributed by atoms with E-state index in [1.165, 1.54) is 28.0 Å². The zero-order chi connectivity index (χ0) is 19.5. The van der Waals surface area contributed by atoms with E-state index in [9.17, 15) is 9.18 Å². The number of hydrogen-bond donors (Lipinski definition) is 1. The number of halogens is 1. The van der Waals surface area contributed by atoms with Crippen LogP contribution in [0.2, 0.25) is 0 Å². The molecule has 5 nitrogen and oxygen atoms in total. The topological polar surface area (TPSA) is 59.3 Å². The summed E-state index contributed by atoms with van der Waals surface area (Å²) in [5.74, 6) is -0.277. The van der Waals surface area contributed by atoms with Crippen LogP contribution >= 0.6 is 11.3 Å². The van der Waals surface area contributed by atoms with Crippen LogP contribution in [0.25, 0.3) is 4.96 Å². The number of fused-ring (bicyclic) bond motifs is 1. The van der Waals surface area contributed by atoms with Gasteiger partial charge in [0.05, 0.1) is 6.04 Å². The van der Waals surface area contributed by atoms with Gasteiger partial charge in [-0.1, -0.05) is 66.8 Å². The van der Waals surface area contributed by atoms with Crippen molar-refractivity contribution in [2.75, 3.05) is 5.32 Å². The number of nitrogens with zero attached hydrogens (tertiary/aromatic N) is 3. The second kappa shape index (κ2) is 7.90. The van der Waals surface area contributed by atoms with E-state index in [2.05, 4.69) is 15.4 Å². The largest absolute Gasteiger partial charge is 0.353 e. The van der Waals surface area contributed by atoms with Crippen LogP contribution in [0.5, 0.6) is 0 Å². The van der Waals surface area contributed by atoms with Crippen molar-refractivity contribution in [2.45, 2.75) is 25.8 Å². The normalized spacial score (nSPS) is 12.2. The molecule has 1 unspecified atom stereocenters. The molecule has 28 heavy (non-hydrogen) atoms. The third-order valence-corrected chi connectivity index (χ3v) is 5.36. The van der Waals surface area contributed by atoms with E-state index in [1.807, 2.05) is 43.3 Å². The third-order valence-electron chi connectivity index (χ3n) is 4.52. The molecule has 0 aliphatic rings. The molecule has 1 N–H and O–H groups in total. The standard InChI is InChI=1S/C21H19FN4OS/c1-2-15-13-19(27)26-21(23-15)28-20(25-26)24-18(12-14-8-4-3-5-9-14)16-10-6-7-11-17(16)22/h3-11,13,18H,2,12H2,1H3,(H,24,25). The van der Waals surface area contributed by atoms with Crippen molar-refractivity contribution in [3.05, 3.63) is 93.7 Å². The van der Waals surface area contributed by atoms with Gasteiger partial charge in [-0.2, -0.15) is 4.52 Å². The zero-order valence-corrected chi connectivity index (χ0v) is 16.1. The van der Waals surface area contributed by atoms with Crippen LogP contribution in [0.1, 0.15) is 29.8 Å². The highest BCUT2D eigenvalue weighted by Gasteiger charge is 2.19. The van der Waals surface area contributed by atoms with Crippen LogP contribution in [0, 0.1) is 5.82 Å². The highest BCUT2D eigenvalue weighted by molar-refractivity contribution is 7.20. The lowest BCUT2D eigenvalue weighted by Crippen LogP contribution is -2.17. The number of aromatic nitrogens is 3. The maximum atomic E-state index is 14.5. The second-order valence-corrected chi connectivity index (χ2v) is 7.40. The molecule has 2 aromatic heterocycles. The van der Waals surface area contributed by atoms with Crippen LogP contribution < -0.4 is 10.9 Å². The van der Waals surface area contributed by atoms with Crippen LogP contribution in [-0.4, -0.2) is 14.6 Å². The molecule has 0 saturated carbocycles. The first-order valence-electron chi connectivity index (χ1n) is 9.08. The summed E-state index contributed by atoms with van der Waals surface area (Å²) in [6, 6.07) is 17.8. The SMILES string of the molecule is CCc1cc(=O)n2nc(NC(Cc3ccccc3)c3ccccc3F)sc2n1. The molecule has 7 heteroatoms. The van der Waals surface area contributed by atoms with Crippen LogP contribution in [0.4, 0.5) is 9.52 Å². The predicted octanol–water partition coefficient (Wildman–Crippen LogP) is 4.25. The number of aryl methyl sites for hydroxylation is 1. The Morgan fingerprint density at radius 2 is 1.89 bits per heavy atom. The Bertz CT molecular complexity index is 1160. The summed E-state index contributed by atoms with van der Waals surface area (Å²) < 4.78 is 15.8. The maximum Gasteiger partial charge on any atom is 0.275 e. The van der Waals surface area contributed by atoms with Crippen molar-refractivity contribution in [3.63, 3.8) is 0 Å². The van der Waals surface area contributed by atoms with Crippen molar-refractivity contribution in [1.82, 2.24) is 14.6 Å². The molecule has 0 amide bonds. The van der Waals surface area contributed by atoms with Gasteiger partial charge in [0.15, 0.2) is 0 Å². The van der Waals surface area contributed by atoms with Gasteiger partial charge in [0.1, 0.15) is 5.82 Å². The van der Waals surface area contributed by atoms with Gasteiger partial charge in [0, 0.05) is 17.3 Å². The van der Waals surface area contributed by atoms with Crippen LogP contribution in [0.15, 0.2) is 65.5 Å². The first-order chi connectivity index (χ1) is 13.6. The van der Waals surface area contributed by atoms with E-state index in [0.717, 1.165) is 11.3 Å². The smallest absolute Gasteiger partial charge is 0.275 e. The van der Waals surface area contributed by atoms with Gasteiger partial charge in [-0.05, 0) is 24.5 Å². The summed E-state index contributed by atoms with van der Waals surface area (Å²) in [4.78, 5) is 17.2. The molecule has 0 aliphatic heterocycles. The molecule has 1 atom stereocenters. The Labute approximate surface area is 165 Å². The van der Waals surface area contributed by atoms with Crippen molar-refractivity contribution >= 4 is 21.4 Å². The van der Waals surface area contributed by atoms with Gasteiger partial charge in [-0.15, -0.1) is 5.10 Å². The molecule has 0 bridgehead atoms. The molecular weight excluding hydrogens is 375 g/mol. The van der Waals surface area contributed by atoms with Crippen LogP contribution in [0.3, 0.4) is 0 Å². The van der Waals surface area contributed by atoms with Gasteiger partial charge in [0.25, 0.3) is 5.56 Å². The zero-order valence-electron chi connectivity index (χ0n) is 15.3. The second-order valence-electron chi connectivity index (χ2n) is 6.45. The quantitative estimate of drug-likeness (QED) is 0.531. The number of hydrogen-bond acceptors (Lipinski definition) is 5. The first kappa shape index (κ1) is 18.3. The summed E-state index contributed by atoms with van der Waals surface area (Å²) in [5.41, 5.74) is 2.15. The minimum Gasteiger partial charge on any atom is -0.353 e. The molecule has 0 spiro atoms. The first-order valence-corrected chi connectivity index (χ1v) is 9.90. The predicted molar refractivity (Wildman–Crippen MR) is 109 cm³/mol. The number of anilines is 1. The molecule has 142 valence electrons. The van der Waals surface area contributed by atoms with E-state index in [0.29, 0.717) is 28.5 Å². The molecule has 0 saturated heterocycles. The van der Waals surface area contributed by atoms with E-state index < -0.39 is 0 Å². The molecule has 4 rings (SSSR count). The van der Waals surface area contributed by atoms with Crippen LogP contribution in [-0.2, 0) is 12.8 Å². The Morgan fingerprint density at radius 3 is 2.64 bits per heavy atom. The van der Waals surface area contributed by atoms with E-state index in [1.54, 1.807) is 12.1 Å². The fourth-order valence-corrected chi connectivity index (χ4v) is 3.97. The summed E-state index contributed by atoms with van der Waals surface area (Å²) in [6.45, 7) is 1.95. The Kier molecular flexibility index (Phi) is 5.16. The number of nitrogens with one attached hydrogen (secondary N) is 1. The Balaban J connectivity index is 1.71. The van der Waals surface area contributed by atoms with Crippen molar-refractivity contribution in [3.8, 4) is 0 Å². The van der Waals surface area contributed by atoms with Gasteiger partial charge in [-0.3, -0.25) is 4.79 Å². The Hall–Kier alpha value is -3.06. The Morgan fingerprint density at radius 1 is 1.14 bits per heavy atom. The summed E-state index contributed by atoms with van der Waals surface area (Å²) in [7, 11) is 0. The van der Waals surface area contributed by atoms with Crippen molar-refractivity contribution in [2.24, 2.45) is 0 Å². The van der Waals surface area contributed by atoms with Gasteiger partial charge >= 0.3 is 0 Å². The molecule has 0 radical (unpaired) electrons. The summed E-state index contributed by atoms with van der Waals surface area (Å²) in [6.07, 6.45) is 1.26. The molecule has 2 heterocycles. The average Bonchev–Trinajstić information content (AvgIpc) is 3.12. The molecule has 2 aromatic carbocycles. The lowest BCUT2D eigenvalue weighted by Gasteiger charge is -2.19. The molecule has 0 aliphatic carbocycles. The molecular formula is C21H19FN4OS. The fraction of sp³-hybridized carbons (Fsp3) is 0.190. The lowest BCUT2D eigenvalue weighted by molar-refractivity contribution is 0.590. The van der Waals surface area contributed by atoms with Gasteiger partial charge in [0.2, 0.25) is 10.1 Å². The van der Waals surface area contributed by atoms with Gasteiger partial charge in [-0.25, -0.2) is 9.37 Å². The minimum absolute atomic E-state index is 0.211. The highest BCUT2D eigenvalue weighted by atomic mass is 32.1. The average molecular weight is 394 g/mol. The molecule has 0 fully saturated rings. The minimum atomic E-state index is -0.328. The summed E-state index contributed by atoms with van der Waals surface area (Å²) in [5, 5.41) is 8.19. The fourth-order valence-electron chi connectivity index (χ4n) is 3.09. The number of rotatable bonds is 6. The monoisotopic (exact) mass is 394 g/mol. The summed E-state index contributed by atoms with van der Waals surface area (Å²) >= 11 is 1.29. The van der Waals surface area contributed by atoms with Crippen molar-refractivity contribution in [1.29, 1.82) is 0 Å².